The van der Waals surface area contributed by atoms with E-state index in [-0.39, 0.29) is 38.8 Å². The molecule has 0 saturated heterocycles. The van der Waals surface area contributed by atoms with Gasteiger partial charge in [0.15, 0.2) is 0 Å². The summed E-state index contributed by atoms with van der Waals surface area (Å²) < 4.78 is 20.2. The number of nitrogens with one attached hydrogen (secondary N) is 2. The molecule has 2 amide bonds. The quantitative estimate of drug-likeness (QED) is 0.158. The molecule has 252 valence electrons. The lowest BCUT2D eigenvalue weighted by molar-refractivity contribution is -0.168. The first-order chi connectivity index (χ1) is 21.8. The van der Waals surface area contributed by atoms with Gasteiger partial charge in [-0.2, -0.15) is 0 Å². The van der Waals surface area contributed by atoms with E-state index in [4.69, 9.17) is 18.9 Å². The number of esters is 4. The molecule has 2 aromatic rings. The molecule has 0 spiro atoms. The van der Waals surface area contributed by atoms with Crippen LogP contribution in [0.25, 0.3) is 0 Å². The van der Waals surface area contributed by atoms with E-state index in [1.165, 1.54) is 27.7 Å². The summed E-state index contributed by atoms with van der Waals surface area (Å²) in [5.74, 6) is -3.30. The third-order valence-electron chi connectivity index (χ3n) is 6.55. The van der Waals surface area contributed by atoms with Crippen molar-refractivity contribution in [2.24, 2.45) is 0 Å². The van der Waals surface area contributed by atoms with Crippen LogP contribution in [0.1, 0.15) is 65.5 Å². The molecule has 0 atom stereocenters. The van der Waals surface area contributed by atoms with Crippen molar-refractivity contribution < 1.29 is 47.7 Å². The van der Waals surface area contributed by atoms with Gasteiger partial charge in [0.1, 0.15) is 18.8 Å². The summed E-state index contributed by atoms with van der Waals surface area (Å²) in [5, 5.41) is 5.23. The van der Waals surface area contributed by atoms with Crippen LogP contribution in [0.3, 0.4) is 0 Å². The van der Waals surface area contributed by atoms with Gasteiger partial charge in [-0.15, -0.1) is 0 Å². The van der Waals surface area contributed by atoms with Crippen LogP contribution in [-0.4, -0.2) is 73.2 Å². The average molecular weight is 643 g/mol. The van der Waals surface area contributed by atoms with Crippen LogP contribution in [0.4, 0.5) is 0 Å². The summed E-state index contributed by atoms with van der Waals surface area (Å²) in [6.45, 7) is 8.58. The number of carbonyl (C=O) groups is 6. The van der Waals surface area contributed by atoms with E-state index in [9.17, 15) is 28.8 Å². The fourth-order valence-electron chi connectivity index (χ4n) is 4.44. The third-order valence-corrected chi connectivity index (χ3v) is 6.55. The van der Waals surface area contributed by atoms with E-state index in [2.05, 4.69) is 10.6 Å². The van der Waals surface area contributed by atoms with Crippen LogP contribution in [0.2, 0.25) is 0 Å². The molecule has 0 radical (unpaired) electrons. The standard InChI is InChI=1S/2C17H23NO5/c1-13(19)18-17(11-22-14(2)20,12-23-15(3)21)10-9-16-7-5-4-6-8-16;1-4-22-15(20)17(18-13(3)19,16(21)23-5-2)12-11-14-9-7-6-8-10-14/h4-8H,9-12H2,1-3H3,(H,18,19);6-10H,4-5,11-12H2,1-3H3,(H,18,19). The fourth-order valence-corrected chi connectivity index (χ4v) is 4.44. The molecule has 0 heterocycles. The summed E-state index contributed by atoms with van der Waals surface area (Å²) in [6.07, 6.45) is 1.59. The zero-order valence-electron chi connectivity index (χ0n) is 27.5. The SMILES string of the molecule is CC(=O)NC(CCc1ccccc1)(COC(C)=O)COC(C)=O.CCOC(=O)C(CCc1ccccc1)(NC(C)=O)C(=O)OCC. The first-order valence-corrected chi connectivity index (χ1v) is 15.1. The highest BCUT2D eigenvalue weighted by Gasteiger charge is 2.49. The summed E-state index contributed by atoms with van der Waals surface area (Å²) in [5.41, 5.74) is -0.754. The number of aryl methyl sites for hydroxylation is 2. The second-order valence-electron chi connectivity index (χ2n) is 10.5. The molecule has 2 aromatic carbocycles. The smallest absolute Gasteiger partial charge is 0.343 e. The minimum Gasteiger partial charge on any atom is -0.464 e. The molecule has 0 bridgehead atoms. The first-order valence-electron chi connectivity index (χ1n) is 15.1. The minimum absolute atomic E-state index is 0.0535. The molecule has 0 saturated carbocycles. The molecule has 2 N–H and O–H groups in total. The van der Waals surface area contributed by atoms with Gasteiger partial charge in [-0.1, -0.05) is 60.7 Å². The van der Waals surface area contributed by atoms with Gasteiger partial charge >= 0.3 is 23.9 Å². The molecule has 0 fully saturated rings. The summed E-state index contributed by atoms with van der Waals surface area (Å²) in [4.78, 5) is 70.2. The topological polar surface area (TPSA) is 163 Å². The van der Waals surface area contributed by atoms with Crippen molar-refractivity contribution in [2.45, 2.75) is 78.3 Å². The average Bonchev–Trinajstić information content (AvgIpc) is 3.01. The second kappa shape index (κ2) is 20.3. The van der Waals surface area contributed by atoms with E-state index < -0.39 is 40.9 Å². The van der Waals surface area contributed by atoms with Gasteiger partial charge in [0.05, 0.1) is 13.2 Å². The van der Waals surface area contributed by atoms with Crippen molar-refractivity contribution in [3.8, 4) is 0 Å². The Morgan fingerprint density at radius 2 is 0.957 bits per heavy atom. The van der Waals surface area contributed by atoms with E-state index in [0.29, 0.717) is 19.3 Å². The molecule has 0 unspecified atom stereocenters. The number of amides is 2. The number of carbonyl (C=O) groups excluding carboxylic acids is 6. The Morgan fingerprint density at radius 1 is 0.565 bits per heavy atom. The highest BCUT2D eigenvalue weighted by molar-refractivity contribution is 6.07. The fraction of sp³-hybridized carbons (Fsp3) is 0.471. The van der Waals surface area contributed by atoms with Crippen molar-refractivity contribution in [1.29, 1.82) is 0 Å². The van der Waals surface area contributed by atoms with Crippen LogP contribution >= 0.6 is 0 Å². The Morgan fingerprint density at radius 3 is 1.30 bits per heavy atom. The Bertz CT molecular complexity index is 1250. The van der Waals surface area contributed by atoms with Gasteiger partial charge in [-0.3, -0.25) is 19.2 Å². The Kier molecular flexibility index (Phi) is 17.4. The van der Waals surface area contributed by atoms with Crippen LogP contribution in [0, 0.1) is 0 Å². The maximum Gasteiger partial charge on any atom is 0.343 e. The highest BCUT2D eigenvalue weighted by Crippen LogP contribution is 2.20. The molecule has 12 nitrogen and oxygen atoms in total. The summed E-state index contributed by atoms with van der Waals surface area (Å²) in [7, 11) is 0. The minimum atomic E-state index is -1.83. The van der Waals surface area contributed by atoms with Crippen molar-refractivity contribution >= 4 is 35.7 Å². The monoisotopic (exact) mass is 642 g/mol. The first kappa shape index (κ1) is 39.3. The van der Waals surface area contributed by atoms with Gasteiger partial charge in [-0.25, -0.2) is 9.59 Å². The highest BCUT2D eigenvalue weighted by atomic mass is 16.6. The molecular weight excluding hydrogens is 596 g/mol. The van der Waals surface area contributed by atoms with Gasteiger partial charge < -0.3 is 29.6 Å². The third kappa shape index (κ3) is 14.4. The van der Waals surface area contributed by atoms with E-state index in [1.54, 1.807) is 13.8 Å². The van der Waals surface area contributed by atoms with E-state index in [0.717, 1.165) is 11.1 Å². The van der Waals surface area contributed by atoms with Gasteiger partial charge in [-0.05, 0) is 50.7 Å². The molecular formula is C34H46N2O10. The van der Waals surface area contributed by atoms with E-state index in [1.807, 2.05) is 60.7 Å². The summed E-state index contributed by atoms with van der Waals surface area (Å²) in [6, 6.07) is 19.1. The summed E-state index contributed by atoms with van der Waals surface area (Å²) >= 11 is 0. The van der Waals surface area contributed by atoms with Gasteiger partial charge in [0.25, 0.3) is 0 Å². The van der Waals surface area contributed by atoms with Crippen molar-refractivity contribution in [1.82, 2.24) is 10.6 Å². The number of rotatable bonds is 16. The van der Waals surface area contributed by atoms with Crippen molar-refractivity contribution in [3.63, 3.8) is 0 Å². The van der Waals surface area contributed by atoms with Crippen LogP contribution in [-0.2, 0) is 60.6 Å². The van der Waals surface area contributed by atoms with E-state index >= 15 is 0 Å². The van der Waals surface area contributed by atoms with Gasteiger partial charge in [0.2, 0.25) is 17.4 Å². The molecule has 2 rings (SSSR count). The molecule has 0 aliphatic carbocycles. The largest absolute Gasteiger partial charge is 0.464 e. The molecule has 0 aliphatic heterocycles. The van der Waals surface area contributed by atoms with Crippen LogP contribution in [0.5, 0.6) is 0 Å². The van der Waals surface area contributed by atoms with Crippen LogP contribution < -0.4 is 10.6 Å². The predicted molar refractivity (Wildman–Crippen MR) is 169 cm³/mol. The number of ether oxygens (including phenoxy) is 4. The normalized spacial score (nSPS) is 10.7. The maximum atomic E-state index is 12.4. The lowest BCUT2D eigenvalue weighted by Gasteiger charge is -2.33. The molecule has 0 aromatic heterocycles. The van der Waals surface area contributed by atoms with Crippen LogP contribution in [0.15, 0.2) is 60.7 Å². The Labute approximate surface area is 270 Å². The molecule has 0 aliphatic rings. The number of hydrogen-bond donors (Lipinski definition) is 2. The Hall–Kier alpha value is -4.74. The zero-order chi connectivity index (χ0) is 34.6. The van der Waals surface area contributed by atoms with Gasteiger partial charge in [0, 0.05) is 27.7 Å². The van der Waals surface area contributed by atoms with Crippen molar-refractivity contribution in [2.75, 3.05) is 26.4 Å². The number of hydrogen-bond acceptors (Lipinski definition) is 10. The van der Waals surface area contributed by atoms with Crippen molar-refractivity contribution in [3.05, 3.63) is 71.8 Å². The Balaban J connectivity index is 0.000000460. The maximum absolute atomic E-state index is 12.4. The lowest BCUT2D eigenvalue weighted by Crippen LogP contribution is -2.61. The molecule has 12 heteroatoms. The number of benzene rings is 2. The predicted octanol–water partition coefficient (Wildman–Crippen LogP) is 3.24. The molecule has 46 heavy (non-hydrogen) atoms. The second-order valence-corrected chi connectivity index (χ2v) is 10.5. The lowest BCUT2D eigenvalue weighted by atomic mass is 9.90. The zero-order valence-corrected chi connectivity index (χ0v) is 27.5.